The highest BCUT2D eigenvalue weighted by Crippen LogP contribution is 2.16. The van der Waals surface area contributed by atoms with Crippen LogP contribution in [0.25, 0.3) is 0 Å². The maximum atomic E-state index is 4.59. The van der Waals surface area contributed by atoms with Gasteiger partial charge in [-0.15, -0.1) is 0 Å². The summed E-state index contributed by atoms with van der Waals surface area (Å²) >= 11 is 0. The highest BCUT2D eigenvalue weighted by atomic mass is 15.3. The van der Waals surface area contributed by atoms with Gasteiger partial charge in [-0.25, -0.2) is 0 Å². The molecule has 104 valence electrons. The Balaban J connectivity index is 1.56. The van der Waals surface area contributed by atoms with Crippen LogP contribution in [0.1, 0.15) is 11.4 Å². The van der Waals surface area contributed by atoms with Crippen LogP contribution in [0.4, 0.5) is 5.69 Å². The Morgan fingerprint density at radius 3 is 2.35 bits per heavy atom. The summed E-state index contributed by atoms with van der Waals surface area (Å²) < 4.78 is 0. The first kappa shape index (κ1) is 13.1. The summed E-state index contributed by atoms with van der Waals surface area (Å²) in [5.74, 6) is 0. The fourth-order valence-corrected chi connectivity index (χ4v) is 2.72. The van der Waals surface area contributed by atoms with Gasteiger partial charge in [-0.3, -0.25) is 9.88 Å². The predicted octanol–water partition coefficient (Wildman–Crippen LogP) is 2.71. The first-order valence-corrected chi connectivity index (χ1v) is 7.26. The number of nitrogens with zero attached hydrogens (tertiary/aromatic N) is 3. The van der Waals surface area contributed by atoms with Gasteiger partial charge in [0, 0.05) is 44.1 Å². The van der Waals surface area contributed by atoms with Gasteiger partial charge < -0.3 is 4.90 Å². The van der Waals surface area contributed by atoms with Crippen molar-refractivity contribution in [2.75, 3.05) is 31.1 Å². The van der Waals surface area contributed by atoms with Gasteiger partial charge in [0.25, 0.3) is 0 Å². The molecule has 0 unspecified atom stereocenters. The van der Waals surface area contributed by atoms with E-state index in [0.717, 1.165) is 38.4 Å². The minimum absolute atomic E-state index is 0.963. The van der Waals surface area contributed by atoms with Gasteiger partial charge >= 0.3 is 0 Å². The highest BCUT2D eigenvalue weighted by Gasteiger charge is 2.17. The van der Waals surface area contributed by atoms with Crippen molar-refractivity contribution in [1.82, 2.24) is 9.88 Å². The first-order valence-electron chi connectivity index (χ1n) is 7.26. The third-order valence-corrected chi connectivity index (χ3v) is 3.83. The van der Waals surface area contributed by atoms with Gasteiger partial charge in [0.2, 0.25) is 0 Å². The Morgan fingerprint density at radius 2 is 1.65 bits per heavy atom. The number of anilines is 1. The molecule has 0 aliphatic carbocycles. The zero-order valence-electron chi connectivity index (χ0n) is 12.0. The van der Waals surface area contributed by atoms with Crippen molar-refractivity contribution >= 4 is 5.69 Å². The van der Waals surface area contributed by atoms with Crippen molar-refractivity contribution in [3.8, 4) is 0 Å². The minimum atomic E-state index is 0.963. The van der Waals surface area contributed by atoms with Crippen molar-refractivity contribution in [1.29, 1.82) is 0 Å². The number of para-hydroxylation sites is 1. The van der Waals surface area contributed by atoms with Gasteiger partial charge in [0.05, 0.1) is 5.69 Å². The topological polar surface area (TPSA) is 19.4 Å². The minimum Gasteiger partial charge on any atom is -0.369 e. The van der Waals surface area contributed by atoms with Gasteiger partial charge in [0.1, 0.15) is 0 Å². The molecule has 1 aromatic heterocycles. The molecular formula is C17H21N3. The predicted molar refractivity (Wildman–Crippen MR) is 82.9 cm³/mol. The number of hydrogen-bond donors (Lipinski definition) is 0. The summed E-state index contributed by atoms with van der Waals surface area (Å²) in [6.45, 7) is 7.40. The molecule has 0 spiro atoms. The SMILES string of the molecule is Cc1cccc(CN2CCN(c3ccccc3)CC2)n1. The molecular weight excluding hydrogens is 246 g/mol. The molecule has 1 saturated heterocycles. The second-order valence-corrected chi connectivity index (χ2v) is 5.37. The van der Waals surface area contributed by atoms with Crippen LogP contribution in [0, 0.1) is 6.92 Å². The number of piperazine rings is 1. The van der Waals surface area contributed by atoms with E-state index < -0.39 is 0 Å². The summed E-state index contributed by atoms with van der Waals surface area (Å²) in [5, 5.41) is 0. The van der Waals surface area contributed by atoms with Crippen LogP contribution >= 0.6 is 0 Å². The van der Waals surface area contributed by atoms with Gasteiger partial charge in [-0.05, 0) is 31.2 Å². The molecule has 0 N–H and O–H groups in total. The van der Waals surface area contributed by atoms with E-state index in [1.165, 1.54) is 11.4 Å². The molecule has 3 heteroatoms. The third-order valence-electron chi connectivity index (χ3n) is 3.83. The Morgan fingerprint density at radius 1 is 0.900 bits per heavy atom. The molecule has 20 heavy (non-hydrogen) atoms. The fraction of sp³-hybridized carbons (Fsp3) is 0.353. The lowest BCUT2D eigenvalue weighted by atomic mass is 10.2. The number of hydrogen-bond acceptors (Lipinski definition) is 3. The second-order valence-electron chi connectivity index (χ2n) is 5.37. The van der Waals surface area contributed by atoms with Crippen LogP contribution in [0.2, 0.25) is 0 Å². The van der Waals surface area contributed by atoms with Crippen LogP contribution in [-0.2, 0) is 6.54 Å². The lowest BCUT2D eigenvalue weighted by molar-refractivity contribution is 0.247. The zero-order valence-corrected chi connectivity index (χ0v) is 12.0. The summed E-state index contributed by atoms with van der Waals surface area (Å²) in [5.41, 5.74) is 3.62. The third kappa shape index (κ3) is 3.17. The molecule has 0 atom stereocenters. The van der Waals surface area contributed by atoms with Gasteiger partial charge in [0.15, 0.2) is 0 Å². The molecule has 1 aliphatic heterocycles. The number of rotatable bonds is 3. The van der Waals surface area contributed by atoms with Gasteiger partial charge in [-0.2, -0.15) is 0 Å². The Bertz CT molecular complexity index is 545. The monoisotopic (exact) mass is 267 g/mol. The average Bonchev–Trinajstić information content (AvgIpc) is 2.49. The van der Waals surface area contributed by atoms with Crippen LogP contribution in [0.5, 0.6) is 0 Å². The zero-order chi connectivity index (χ0) is 13.8. The first-order chi connectivity index (χ1) is 9.81. The summed E-state index contributed by atoms with van der Waals surface area (Å²) in [6, 6.07) is 16.9. The van der Waals surface area contributed by atoms with E-state index >= 15 is 0 Å². The molecule has 0 saturated carbocycles. The normalized spacial score (nSPS) is 16.4. The Hall–Kier alpha value is -1.87. The number of aryl methyl sites for hydroxylation is 1. The maximum absolute atomic E-state index is 4.59. The van der Waals surface area contributed by atoms with Crippen molar-refractivity contribution < 1.29 is 0 Å². The Kier molecular flexibility index (Phi) is 3.97. The van der Waals surface area contributed by atoms with E-state index in [4.69, 9.17) is 0 Å². The van der Waals surface area contributed by atoms with Crippen LogP contribution in [0.3, 0.4) is 0 Å². The van der Waals surface area contributed by atoms with Crippen LogP contribution in [-0.4, -0.2) is 36.1 Å². The number of benzene rings is 1. The fourth-order valence-electron chi connectivity index (χ4n) is 2.72. The summed E-state index contributed by atoms with van der Waals surface area (Å²) in [6.07, 6.45) is 0. The molecule has 0 bridgehead atoms. The summed E-state index contributed by atoms with van der Waals surface area (Å²) in [4.78, 5) is 9.54. The van der Waals surface area contributed by atoms with E-state index in [0.29, 0.717) is 0 Å². The maximum Gasteiger partial charge on any atom is 0.0547 e. The quantitative estimate of drug-likeness (QED) is 0.852. The standard InChI is InChI=1S/C17H21N3/c1-15-6-5-7-16(18-15)14-19-10-12-20(13-11-19)17-8-3-2-4-9-17/h2-9H,10-14H2,1H3. The molecule has 0 radical (unpaired) electrons. The highest BCUT2D eigenvalue weighted by molar-refractivity contribution is 5.46. The molecule has 1 fully saturated rings. The molecule has 2 aromatic rings. The molecule has 0 amide bonds. The van der Waals surface area contributed by atoms with Gasteiger partial charge in [-0.1, -0.05) is 24.3 Å². The number of pyridine rings is 1. The van der Waals surface area contributed by atoms with Crippen molar-refractivity contribution in [3.63, 3.8) is 0 Å². The molecule has 2 heterocycles. The van der Waals surface area contributed by atoms with E-state index in [2.05, 4.69) is 70.2 Å². The summed E-state index contributed by atoms with van der Waals surface area (Å²) in [7, 11) is 0. The van der Waals surface area contributed by atoms with Crippen molar-refractivity contribution in [3.05, 3.63) is 59.9 Å². The lowest BCUT2D eigenvalue weighted by Crippen LogP contribution is -2.46. The molecule has 1 aliphatic rings. The van der Waals surface area contributed by atoms with Crippen LogP contribution < -0.4 is 4.90 Å². The van der Waals surface area contributed by atoms with E-state index in [1.807, 2.05) is 0 Å². The van der Waals surface area contributed by atoms with Crippen LogP contribution in [0.15, 0.2) is 48.5 Å². The molecule has 1 aromatic carbocycles. The smallest absolute Gasteiger partial charge is 0.0547 e. The number of aromatic nitrogens is 1. The van der Waals surface area contributed by atoms with E-state index in [1.54, 1.807) is 0 Å². The molecule has 3 rings (SSSR count). The van der Waals surface area contributed by atoms with Crippen molar-refractivity contribution in [2.45, 2.75) is 13.5 Å². The Labute approximate surface area is 120 Å². The van der Waals surface area contributed by atoms with E-state index in [-0.39, 0.29) is 0 Å². The molecule has 3 nitrogen and oxygen atoms in total. The second kappa shape index (κ2) is 6.06. The lowest BCUT2D eigenvalue weighted by Gasteiger charge is -2.36. The van der Waals surface area contributed by atoms with E-state index in [9.17, 15) is 0 Å². The van der Waals surface area contributed by atoms with Crippen molar-refractivity contribution in [2.24, 2.45) is 0 Å². The average molecular weight is 267 g/mol. The largest absolute Gasteiger partial charge is 0.369 e.